The normalized spacial score (nSPS) is 12.3. The summed E-state index contributed by atoms with van der Waals surface area (Å²) in [5.41, 5.74) is 1.63. The van der Waals surface area contributed by atoms with Crippen molar-refractivity contribution in [3.8, 4) is 11.3 Å². The fourth-order valence-electron chi connectivity index (χ4n) is 1.42. The van der Waals surface area contributed by atoms with E-state index in [2.05, 4.69) is 15.3 Å². The molecule has 88 valence electrons. The van der Waals surface area contributed by atoms with Crippen LogP contribution in [0.5, 0.6) is 0 Å². The number of carboxylic acids is 1. The van der Waals surface area contributed by atoms with E-state index in [1.165, 1.54) is 11.3 Å². The second-order valence-corrected chi connectivity index (χ2v) is 4.26. The van der Waals surface area contributed by atoms with Gasteiger partial charge in [0.2, 0.25) is 0 Å². The number of hydrogen-bond donors (Lipinski definition) is 2. The Morgan fingerprint density at radius 3 is 3.00 bits per heavy atom. The van der Waals surface area contributed by atoms with Crippen molar-refractivity contribution in [2.75, 3.05) is 7.05 Å². The monoisotopic (exact) mass is 249 g/mol. The molecule has 0 aromatic carbocycles. The highest BCUT2D eigenvalue weighted by Crippen LogP contribution is 2.24. The summed E-state index contributed by atoms with van der Waals surface area (Å²) in [5.74, 6) is -0.931. The fraction of sp³-hybridized carbons (Fsp3) is 0.182. The van der Waals surface area contributed by atoms with E-state index < -0.39 is 12.0 Å². The number of thiazole rings is 1. The van der Waals surface area contributed by atoms with Gasteiger partial charge in [0.1, 0.15) is 5.01 Å². The highest BCUT2D eigenvalue weighted by molar-refractivity contribution is 7.10. The van der Waals surface area contributed by atoms with E-state index in [0.717, 1.165) is 11.3 Å². The van der Waals surface area contributed by atoms with Gasteiger partial charge in [0.15, 0.2) is 6.04 Å². The van der Waals surface area contributed by atoms with Crippen LogP contribution in [0, 0.1) is 0 Å². The van der Waals surface area contributed by atoms with E-state index >= 15 is 0 Å². The number of rotatable bonds is 4. The first-order valence-corrected chi connectivity index (χ1v) is 5.86. The maximum Gasteiger partial charge on any atom is 0.327 e. The first-order chi connectivity index (χ1) is 8.22. The summed E-state index contributed by atoms with van der Waals surface area (Å²) in [6.45, 7) is 0. The first kappa shape index (κ1) is 11.7. The molecule has 0 aliphatic heterocycles. The molecule has 1 atom stereocenters. The van der Waals surface area contributed by atoms with Crippen LogP contribution in [0.3, 0.4) is 0 Å². The zero-order valence-corrected chi connectivity index (χ0v) is 9.94. The predicted molar refractivity (Wildman–Crippen MR) is 64.8 cm³/mol. The molecule has 2 N–H and O–H groups in total. The van der Waals surface area contributed by atoms with Gasteiger partial charge in [-0.3, -0.25) is 9.78 Å². The lowest BCUT2D eigenvalue weighted by atomic mass is 10.2. The molecule has 5 nitrogen and oxygen atoms in total. The molecule has 0 radical (unpaired) electrons. The number of pyridine rings is 1. The summed E-state index contributed by atoms with van der Waals surface area (Å²) in [5, 5.41) is 14.1. The quantitative estimate of drug-likeness (QED) is 0.859. The van der Waals surface area contributed by atoms with Crippen molar-refractivity contribution < 1.29 is 9.90 Å². The summed E-state index contributed by atoms with van der Waals surface area (Å²) in [6.07, 6.45) is 3.39. The molecule has 2 heterocycles. The van der Waals surface area contributed by atoms with Gasteiger partial charge in [-0.1, -0.05) is 0 Å². The van der Waals surface area contributed by atoms with Crippen molar-refractivity contribution in [1.29, 1.82) is 0 Å². The topological polar surface area (TPSA) is 75.1 Å². The van der Waals surface area contributed by atoms with E-state index in [9.17, 15) is 4.79 Å². The molecule has 0 saturated heterocycles. The van der Waals surface area contributed by atoms with Crippen molar-refractivity contribution >= 4 is 17.3 Å². The molecule has 2 aromatic rings. The summed E-state index contributed by atoms with van der Waals surface area (Å²) >= 11 is 1.32. The second-order valence-electron chi connectivity index (χ2n) is 3.37. The molecular formula is C11H11N3O2S. The number of nitrogens with one attached hydrogen (secondary N) is 1. The van der Waals surface area contributed by atoms with E-state index in [0.29, 0.717) is 5.01 Å². The van der Waals surface area contributed by atoms with Crippen LogP contribution in [0.1, 0.15) is 11.0 Å². The molecule has 2 aromatic heterocycles. The van der Waals surface area contributed by atoms with Gasteiger partial charge < -0.3 is 10.4 Å². The third-order valence-electron chi connectivity index (χ3n) is 2.26. The van der Waals surface area contributed by atoms with Crippen molar-refractivity contribution in [3.63, 3.8) is 0 Å². The van der Waals surface area contributed by atoms with Crippen LogP contribution in [0.25, 0.3) is 11.3 Å². The van der Waals surface area contributed by atoms with Crippen LogP contribution in [-0.2, 0) is 4.79 Å². The standard InChI is InChI=1S/C11H11N3O2S/c1-12-9(11(15)16)10-14-8(6-17-10)7-3-2-4-13-5-7/h2-6,9,12H,1H3,(H,15,16). The summed E-state index contributed by atoms with van der Waals surface area (Å²) in [6, 6.07) is 2.95. The Morgan fingerprint density at radius 1 is 1.59 bits per heavy atom. The van der Waals surface area contributed by atoms with Gasteiger partial charge >= 0.3 is 5.97 Å². The van der Waals surface area contributed by atoms with Gasteiger partial charge in [-0.05, 0) is 19.2 Å². The summed E-state index contributed by atoms with van der Waals surface area (Å²) in [4.78, 5) is 19.3. The number of likely N-dealkylation sites (N-methyl/N-ethyl adjacent to an activating group) is 1. The Hall–Kier alpha value is -1.79. The number of nitrogens with zero attached hydrogens (tertiary/aromatic N) is 2. The lowest BCUT2D eigenvalue weighted by molar-refractivity contribution is -0.139. The first-order valence-electron chi connectivity index (χ1n) is 4.98. The fourth-order valence-corrected chi connectivity index (χ4v) is 2.35. The highest BCUT2D eigenvalue weighted by atomic mass is 32.1. The smallest absolute Gasteiger partial charge is 0.327 e. The van der Waals surface area contributed by atoms with E-state index in [1.54, 1.807) is 19.4 Å². The van der Waals surface area contributed by atoms with E-state index in [-0.39, 0.29) is 0 Å². The third-order valence-corrected chi connectivity index (χ3v) is 3.17. The minimum atomic E-state index is -0.931. The van der Waals surface area contributed by atoms with E-state index in [1.807, 2.05) is 17.5 Å². The van der Waals surface area contributed by atoms with Crippen molar-refractivity contribution in [2.24, 2.45) is 0 Å². The van der Waals surface area contributed by atoms with Crippen molar-refractivity contribution in [1.82, 2.24) is 15.3 Å². The van der Waals surface area contributed by atoms with Gasteiger partial charge in [-0.25, -0.2) is 4.98 Å². The molecule has 0 aliphatic rings. The molecule has 0 aliphatic carbocycles. The molecule has 0 amide bonds. The Morgan fingerprint density at radius 2 is 2.41 bits per heavy atom. The molecular weight excluding hydrogens is 238 g/mol. The number of hydrogen-bond acceptors (Lipinski definition) is 5. The molecule has 0 saturated carbocycles. The van der Waals surface area contributed by atoms with Crippen LogP contribution in [-0.4, -0.2) is 28.1 Å². The minimum absolute atomic E-state index is 0.541. The van der Waals surface area contributed by atoms with E-state index in [4.69, 9.17) is 5.11 Å². The van der Waals surface area contributed by atoms with Crippen molar-refractivity contribution in [2.45, 2.75) is 6.04 Å². The number of carbonyl (C=O) groups is 1. The van der Waals surface area contributed by atoms with Gasteiger partial charge in [0.05, 0.1) is 5.69 Å². The molecule has 1 unspecified atom stereocenters. The second kappa shape index (κ2) is 5.03. The number of aromatic nitrogens is 2. The van der Waals surface area contributed by atoms with Gasteiger partial charge in [0, 0.05) is 23.3 Å². The largest absolute Gasteiger partial charge is 0.480 e. The van der Waals surface area contributed by atoms with Gasteiger partial charge in [0.25, 0.3) is 0 Å². The maximum atomic E-state index is 11.0. The lowest BCUT2D eigenvalue weighted by Crippen LogP contribution is -2.24. The van der Waals surface area contributed by atoms with Crippen LogP contribution in [0.15, 0.2) is 29.9 Å². The lowest BCUT2D eigenvalue weighted by Gasteiger charge is -2.06. The van der Waals surface area contributed by atoms with Crippen LogP contribution >= 0.6 is 11.3 Å². The zero-order chi connectivity index (χ0) is 12.3. The Bertz CT molecular complexity index is 512. The Balaban J connectivity index is 2.30. The summed E-state index contributed by atoms with van der Waals surface area (Å²) < 4.78 is 0. The van der Waals surface area contributed by atoms with Gasteiger partial charge in [-0.15, -0.1) is 11.3 Å². The Kier molecular flexibility index (Phi) is 3.46. The van der Waals surface area contributed by atoms with Crippen LogP contribution < -0.4 is 5.32 Å². The average Bonchev–Trinajstić information content (AvgIpc) is 2.80. The zero-order valence-electron chi connectivity index (χ0n) is 9.12. The number of aliphatic carboxylic acids is 1. The Labute approximate surface area is 102 Å². The molecule has 17 heavy (non-hydrogen) atoms. The minimum Gasteiger partial charge on any atom is -0.480 e. The molecule has 0 fully saturated rings. The number of carboxylic acid groups (broad SMARTS) is 1. The molecule has 6 heteroatoms. The molecule has 0 spiro atoms. The predicted octanol–water partition coefficient (Wildman–Crippen LogP) is 1.55. The average molecular weight is 249 g/mol. The van der Waals surface area contributed by atoms with Crippen molar-refractivity contribution in [3.05, 3.63) is 34.9 Å². The third kappa shape index (κ3) is 2.48. The summed E-state index contributed by atoms with van der Waals surface area (Å²) in [7, 11) is 1.60. The highest BCUT2D eigenvalue weighted by Gasteiger charge is 2.21. The van der Waals surface area contributed by atoms with Gasteiger partial charge in [-0.2, -0.15) is 0 Å². The molecule has 2 rings (SSSR count). The maximum absolute atomic E-state index is 11.0. The molecule has 0 bridgehead atoms. The SMILES string of the molecule is CNC(C(=O)O)c1nc(-c2cccnc2)cs1. The van der Waals surface area contributed by atoms with Crippen LogP contribution in [0.2, 0.25) is 0 Å². The van der Waals surface area contributed by atoms with Crippen LogP contribution in [0.4, 0.5) is 0 Å².